The van der Waals surface area contributed by atoms with E-state index in [0.29, 0.717) is 5.56 Å². The highest BCUT2D eigenvalue weighted by Crippen LogP contribution is 2.34. The van der Waals surface area contributed by atoms with Gasteiger partial charge in [-0.15, -0.1) is 0 Å². The Morgan fingerprint density at radius 3 is 2.21 bits per heavy atom. The van der Waals surface area contributed by atoms with Gasteiger partial charge in [0, 0.05) is 12.5 Å². The van der Waals surface area contributed by atoms with Gasteiger partial charge < -0.3 is 19.9 Å². The molecule has 6 nitrogen and oxygen atoms in total. The summed E-state index contributed by atoms with van der Waals surface area (Å²) in [6.45, 7) is 5.11. The zero-order valence-electron chi connectivity index (χ0n) is 16.0. The molecule has 2 aromatic carbocycles. The molecule has 0 saturated heterocycles. The summed E-state index contributed by atoms with van der Waals surface area (Å²) in [6, 6.07) is 7.78. The summed E-state index contributed by atoms with van der Waals surface area (Å²) in [6.07, 6.45) is -0.685. The monoisotopic (exact) mass is 459 g/mol. The van der Waals surface area contributed by atoms with Gasteiger partial charge in [0.05, 0.1) is 15.1 Å². The predicted octanol–water partition coefficient (Wildman–Crippen LogP) is 5.39. The first-order chi connectivity index (χ1) is 13.4. The van der Waals surface area contributed by atoms with Crippen LogP contribution in [0.25, 0.3) is 0 Å². The lowest BCUT2D eigenvalue weighted by Crippen LogP contribution is -2.46. The largest absolute Gasteiger partial charge is 0.508 e. The van der Waals surface area contributed by atoms with E-state index in [1.54, 1.807) is 32.9 Å². The van der Waals surface area contributed by atoms with Crippen LogP contribution >= 0.6 is 34.8 Å². The lowest BCUT2D eigenvalue weighted by molar-refractivity contribution is -0.136. The number of aromatic hydroxyl groups is 1. The van der Waals surface area contributed by atoms with Gasteiger partial charge >= 0.3 is 12.1 Å². The first-order valence-electron chi connectivity index (χ1n) is 8.58. The smallest absolute Gasteiger partial charge is 0.408 e. The highest BCUT2D eigenvalue weighted by Gasteiger charge is 2.27. The molecular formula is C20H20Cl3NO5. The van der Waals surface area contributed by atoms with Gasteiger partial charge in [0.15, 0.2) is 5.75 Å². The molecule has 0 radical (unpaired) electrons. The Labute approximate surface area is 183 Å². The molecule has 0 spiro atoms. The van der Waals surface area contributed by atoms with Crippen molar-refractivity contribution in [3.05, 3.63) is 57.0 Å². The molecule has 0 unspecified atom stereocenters. The SMILES string of the molecule is CC(C)(C)OC(=O)N[C@H](Cc1ccc(O)cc1)C(=O)Oc1cc(Cl)c(Cl)cc1Cl. The van der Waals surface area contributed by atoms with Gasteiger partial charge in [0.2, 0.25) is 0 Å². The standard InChI is InChI=1S/C20H20Cl3NO5/c1-20(2,3)29-19(27)24-16(8-11-4-6-12(25)7-5-11)18(26)28-17-10-14(22)13(21)9-15(17)23/h4-7,9-10,16,25H,8H2,1-3H3,(H,24,27)/t16-/m1/s1. The van der Waals surface area contributed by atoms with E-state index >= 15 is 0 Å². The first kappa shape index (κ1) is 23.1. The summed E-state index contributed by atoms with van der Waals surface area (Å²) in [5.41, 5.74) is -0.0644. The van der Waals surface area contributed by atoms with Gasteiger partial charge in [0.25, 0.3) is 0 Å². The van der Waals surface area contributed by atoms with Crippen LogP contribution in [0, 0.1) is 0 Å². The number of carbonyl (C=O) groups excluding carboxylic acids is 2. The van der Waals surface area contributed by atoms with Gasteiger partial charge in [-0.25, -0.2) is 9.59 Å². The normalized spacial score (nSPS) is 12.2. The van der Waals surface area contributed by atoms with Crippen molar-refractivity contribution in [3.63, 3.8) is 0 Å². The number of hydrogen-bond acceptors (Lipinski definition) is 5. The molecule has 0 fully saturated rings. The third-order valence-electron chi connectivity index (χ3n) is 3.54. The minimum Gasteiger partial charge on any atom is -0.508 e. The molecule has 0 aromatic heterocycles. The van der Waals surface area contributed by atoms with E-state index in [4.69, 9.17) is 44.3 Å². The number of hydrogen-bond donors (Lipinski definition) is 2. The molecule has 0 aliphatic heterocycles. The van der Waals surface area contributed by atoms with Gasteiger partial charge in [-0.2, -0.15) is 0 Å². The highest BCUT2D eigenvalue weighted by atomic mass is 35.5. The second-order valence-corrected chi connectivity index (χ2v) is 8.41. The average Bonchev–Trinajstić information content (AvgIpc) is 2.59. The Bertz CT molecular complexity index is 894. The van der Waals surface area contributed by atoms with Crippen molar-refractivity contribution in [2.75, 3.05) is 0 Å². The van der Waals surface area contributed by atoms with E-state index in [-0.39, 0.29) is 33.0 Å². The maximum absolute atomic E-state index is 12.8. The van der Waals surface area contributed by atoms with Crippen molar-refractivity contribution in [2.24, 2.45) is 0 Å². The van der Waals surface area contributed by atoms with Gasteiger partial charge in [-0.3, -0.25) is 0 Å². The molecule has 2 N–H and O–H groups in total. The van der Waals surface area contributed by atoms with Crippen LogP contribution in [0.2, 0.25) is 15.1 Å². The maximum Gasteiger partial charge on any atom is 0.408 e. The topological polar surface area (TPSA) is 84.9 Å². The third kappa shape index (κ3) is 7.31. The number of rotatable bonds is 5. The number of ether oxygens (including phenoxy) is 2. The zero-order chi connectivity index (χ0) is 21.8. The second-order valence-electron chi connectivity index (χ2n) is 7.19. The Kier molecular flexibility index (Phi) is 7.63. The minimum absolute atomic E-state index is 0.00719. The summed E-state index contributed by atoms with van der Waals surface area (Å²) in [5.74, 6) is -0.687. The zero-order valence-corrected chi connectivity index (χ0v) is 18.2. The fourth-order valence-corrected chi connectivity index (χ4v) is 2.85. The van der Waals surface area contributed by atoms with Crippen molar-refractivity contribution >= 4 is 46.9 Å². The second kappa shape index (κ2) is 9.57. The summed E-state index contributed by atoms with van der Waals surface area (Å²) in [5, 5.41) is 12.4. The van der Waals surface area contributed by atoms with E-state index in [2.05, 4.69) is 5.32 Å². The Hall–Kier alpha value is -2.15. The van der Waals surface area contributed by atoms with Crippen molar-refractivity contribution in [3.8, 4) is 11.5 Å². The van der Waals surface area contributed by atoms with E-state index in [1.165, 1.54) is 24.3 Å². The van der Waals surface area contributed by atoms with E-state index in [9.17, 15) is 14.7 Å². The van der Waals surface area contributed by atoms with Crippen molar-refractivity contribution in [1.29, 1.82) is 0 Å². The average molecular weight is 461 g/mol. The van der Waals surface area contributed by atoms with Crippen LogP contribution < -0.4 is 10.1 Å². The number of nitrogens with one attached hydrogen (secondary N) is 1. The molecule has 1 atom stereocenters. The highest BCUT2D eigenvalue weighted by molar-refractivity contribution is 6.43. The number of phenols is 1. The molecule has 1 amide bonds. The Balaban J connectivity index is 2.22. The predicted molar refractivity (Wildman–Crippen MR) is 112 cm³/mol. The summed E-state index contributed by atoms with van der Waals surface area (Å²) >= 11 is 17.9. The number of halogens is 3. The van der Waals surface area contributed by atoms with Crippen LogP contribution in [-0.4, -0.2) is 28.8 Å². The molecule has 0 bridgehead atoms. The van der Waals surface area contributed by atoms with Crippen LogP contribution in [0.5, 0.6) is 11.5 Å². The molecule has 2 aromatic rings. The number of phenolic OH excluding ortho intramolecular Hbond substituents is 1. The summed E-state index contributed by atoms with van der Waals surface area (Å²) < 4.78 is 10.6. The molecule has 9 heteroatoms. The molecule has 156 valence electrons. The van der Waals surface area contributed by atoms with Crippen LogP contribution in [-0.2, 0) is 16.0 Å². The molecular weight excluding hydrogens is 441 g/mol. The fourth-order valence-electron chi connectivity index (χ4n) is 2.27. The first-order valence-corrected chi connectivity index (χ1v) is 9.71. The Morgan fingerprint density at radius 2 is 1.62 bits per heavy atom. The van der Waals surface area contributed by atoms with Crippen LogP contribution in [0.15, 0.2) is 36.4 Å². The number of esters is 1. The number of amides is 1. The Morgan fingerprint density at radius 1 is 1.03 bits per heavy atom. The van der Waals surface area contributed by atoms with Gasteiger partial charge in [0.1, 0.15) is 17.4 Å². The van der Waals surface area contributed by atoms with Crippen LogP contribution in [0.1, 0.15) is 26.3 Å². The number of alkyl carbamates (subject to hydrolysis) is 1. The van der Waals surface area contributed by atoms with E-state index < -0.39 is 23.7 Å². The van der Waals surface area contributed by atoms with Gasteiger partial charge in [-0.05, 0) is 44.5 Å². The third-order valence-corrected chi connectivity index (χ3v) is 4.55. The van der Waals surface area contributed by atoms with Crippen molar-refractivity contribution in [1.82, 2.24) is 5.32 Å². The van der Waals surface area contributed by atoms with Crippen LogP contribution in [0.4, 0.5) is 4.79 Å². The summed E-state index contributed by atoms with van der Waals surface area (Å²) in [4.78, 5) is 24.9. The van der Waals surface area contributed by atoms with Gasteiger partial charge in [-0.1, -0.05) is 46.9 Å². The van der Waals surface area contributed by atoms with Crippen molar-refractivity contribution < 1.29 is 24.2 Å². The van der Waals surface area contributed by atoms with E-state index in [0.717, 1.165) is 0 Å². The molecule has 0 aliphatic rings. The van der Waals surface area contributed by atoms with Crippen LogP contribution in [0.3, 0.4) is 0 Å². The minimum atomic E-state index is -1.08. The fraction of sp³-hybridized carbons (Fsp3) is 0.300. The van der Waals surface area contributed by atoms with E-state index in [1.807, 2.05) is 0 Å². The lowest BCUT2D eigenvalue weighted by Gasteiger charge is -2.23. The maximum atomic E-state index is 12.8. The lowest BCUT2D eigenvalue weighted by atomic mass is 10.1. The number of benzene rings is 2. The number of carbonyl (C=O) groups is 2. The molecule has 0 heterocycles. The quantitative estimate of drug-likeness (QED) is 0.355. The molecule has 2 rings (SSSR count). The van der Waals surface area contributed by atoms with Crippen molar-refractivity contribution in [2.45, 2.75) is 38.8 Å². The molecule has 29 heavy (non-hydrogen) atoms. The summed E-state index contributed by atoms with van der Waals surface area (Å²) in [7, 11) is 0. The molecule has 0 saturated carbocycles. The molecule has 0 aliphatic carbocycles.